The number of pyridine rings is 1. The maximum absolute atomic E-state index is 12.0. The molecule has 24 heavy (non-hydrogen) atoms. The zero-order valence-corrected chi connectivity index (χ0v) is 13.7. The molecule has 3 heterocycles. The number of H-pyrrole nitrogens is 1. The summed E-state index contributed by atoms with van der Waals surface area (Å²) in [6, 6.07) is 8.51. The fraction of sp³-hybridized carbons (Fsp3) is 0.444. The van der Waals surface area contributed by atoms with Gasteiger partial charge in [-0.1, -0.05) is 6.07 Å². The lowest BCUT2D eigenvalue weighted by Crippen LogP contribution is -2.36. The minimum atomic E-state index is -0.261. The average Bonchev–Trinajstić information content (AvgIpc) is 3.08. The molecule has 0 saturated carbocycles. The summed E-state index contributed by atoms with van der Waals surface area (Å²) < 4.78 is 5.42. The molecule has 6 heteroatoms. The Kier molecular flexibility index (Phi) is 5.48. The summed E-state index contributed by atoms with van der Waals surface area (Å²) in [6.45, 7) is 3.59. The monoisotopic (exact) mass is 329 g/mol. The quantitative estimate of drug-likeness (QED) is 0.850. The van der Waals surface area contributed by atoms with Crippen molar-refractivity contribution in [3.8, 4) is 0 Å². The van der Waals surface area contributed by atoms with Crippen molar-refractivity contribution < 1.29 is 9.21 Å². The number of carbonyl (C=O) groups excluding carboxylic acids is 1. The summed E-state index contributed by atoms with van der Waals surface area (Å²) in [4.78, 5) is 28.2. The van der Waals surface area contributed by atoms with Gasteiger partial charge in [-0.2, -0.15) is 0 Å². The van der Waals surface area contributed by atoms with Gasteiger partial charge in [0.2, 0.25) is 5.56 Å². The highest BCUT2D eigenvalue weighted by atomic mass is 16.3. The van der Waals surface area contributed by atoms with E-state index in [1.165, 1.54) is 18.9 Å². The van der Waals surface area contributed by atoms with Crippen LogP contribution in [0.3, 0.4) is 0 Å². The standard InChI is InChI=1S/C18H23N3O3/c22-17-7-1-6-16(20-17)18(23)19-9-8-14-4-2-10-21(12-14)13-15-5-3-11-24-15/h1,3,5-7,11,14H,2,4,8-10,12-13H2,(H,19,23)(H,20,22). The number of piperidine rings is 1. The molecular weight excluding hydrogens is 306 g/mol. The average molecular weight is 329 g/mol. The Hall–Kier alpha value is -2.34. The van der Waals surface area contributed by atoms with Crippen LogP contribution in [-0.4, -0.2) is 35.4 Å². The van der Waals surface area contributed by atoms with Gasteiger partial charge in [0.05, 0.1) is 12.8 Å². The van der Waals surface area contributed by atoms with E-state index in [9.17, 15) is 9.59 Å². The normalized spacial score (nSPS) is 18.4. The van der Waals surface area contributed by atoms with Gasteiger partial charge in [-0.3, -0.25) is 14.5 Å². The van der Waals surface area contributed by atoms with Crippen LogP contribution in [-0.2, 0) is 6.54 Å². The van der Waals surface area contributed by atoms with E-state index in [4.69, 9.17) is 4.42 Å². The molecule has 0 aromatic carbocycles. The van der Waals surface area contributed by atoms with E-state index < -0.39 is 0 Å². The first kappa shape index (κ1) is 16.5. The maximum atomic E-state index is 12.0. The molecule has 6 nitrogen and oxygen atoms in total. The van der Waals surface area contributed by atoms with Crippen molar-refractivity contribution in [1.82, 2.24) is 15.2 Å². The van der Waals surface area contributed by atoms with Crippen molar-refractivity contribution in [3.63, 3.8) is 0 Å². The Morgan fingerprint density at radius 1 is 1.33 bits per heavy atom. The molecule has 1 atom stereocenters. The highest BCUT2D eigenvalue weighted by molar-refractivity contribution is 5.92. The second-order valence-electron chi connectivity index (χ2n) is 6.30. The van der Waals surface area contributed by atoms with Crippen molar-refractivity contribution >= 4 is 5.91 Å². The summed E-state index contributed by atoms with van der Waals surface area (Å²) in [5, 5.41) is 2.89. The number of aromatic nitrogens is 1. The molecule has 1 fully saturated rings. The van der Waals surface area contributed by atoms with Crippen LogP contribution in [0.25, 0.3) is 0 Å². The van der Waals surface area contributed by atoms with Crippen LogP contribution in [0.4, 0.5) is 0 Å². The summed E-state index contributed by atoms with van der Waals surface area (Å²) in [7, 11) is 0. The number of furan rings is 1. The molecule has 0 aliphatic carbocycles. The smallest absolute Gasteiger partial charge is 0.267 e. The van der Waals surface area contributed by atoms with Gasteiger partial charge in [-0.05, 0) is 49.9 Å². The van der Waals surface area contributed by atoms with Crippen molar-refractivity contribution in [2.75, 3.05) is 19.6 Å². The Morgan fingerprint density at radius 3 is 3.04 bits per heavy atom. The molecule has 1 amide bonds. The Morgan fingerprint density at radius 2 is 2.25 bits per heavy atom. The van der Waals surface area contributed by atoms with Crippen LogP contribution in [0, 0.1) is 5.92 Å². The van der Waals surface area contributed by atoms with Crippen LogP contribution in [0.5, 0.6) is 0 Å². The van der Waals surface area contributed by atoms with Gasteiger partial charge < -0.3 is 14.7 Å². The number of rotatable bonds is 6. The van der Waals surface area contributed by atoms with Crippen LogP contribution in [0.2, 0.25) is 0 Å². The van der Waals surface area contributed by atoms with Crippen molar-refractivity contribution in [3.05, 3.63) is 58.4 Å². The fourth-order valence-electron chi connectivity index (χ4n) is 3.22. The number of aromatic amines is 1. The van der Waals surface area contributed by atoms with Crippen LogP contribution < -0.4 is 10.9 Å². The van der Waals surface area contributed by atoms with Gasteiger partial charge in [0.25, 0.3) is 5.91 Å². The molecule has 3 rings (SSSR count). The summed E-state index contributed by atoms with van der Waals surface area (Å²) in [5.41, 5.74) is 0.0501. The first-order valence-corrected chi connectivity index (χ1v) is 8.43. The molecule has 1 aliphatic rings. The van der Waals surface area contributed by atoms with Gasteiger partial charge >= 0.3 is 0 Å². The highest BCUT2D eigenvalue weighted by Crippen LogP contribution is 2.21. The first-order chi connectivity index (χ1) is 11.7. The Bertz CT molecular complexity index is 708. The fourth-order valence-corrected chi connectivity index (χ4v) is 3.22. The molecule has 1 saturated heterocycles. The number of likely N-dealkylation sites (tertiary alicyclic amines) is 1. The molecule has 2 N–H and O–H groups in total. The van der Waals surface area contributed by atoms with E-state index >= 15 is 0 Å². The maximum Gasteiger partial charge on any atom is 0.267 e. The van der Waals surface area contributed by atoms with E-state index in [0.717, 1.165) is 31.8 Å². The molecule has 128 valence electrons. The summed E-state index contributed by atoms with van der Waals surface area (Å²) in [5.74, 6) is 1.34. The number of hydrogen-bond donors (Lipinski definition) is 2. The van der Waals surface area contributed by atoms with E-state index in [1.807, 2.05) is 12.1 Å². The van der Waals surface area contributed by atoms with Crippen LogP contribution in [0.1, 0.15) is 35.5 Å². The van der Waals surface area contributed by atoms with Gasteiger partial charge in [-0.15, -0.1) is 0 Å². The summed E-state index contributed by atoms with van der Waals surface area (Å²) >= 11 is 0. The Labute approximate surface area is 140 Å². The molecular formula is C18H23N3O3. The van der Waals surface area contributed by atoms with Crippen molar-refractivity contribution in [2.45, 2.75) is 25.8 Å². The minimum absolute atomic E-state index is 0.226. The molecule has 2 aromatic rings. The van der Waals surface area contributed by atoms with Crippen molar-refractivity contribution in [1.29, 1.82) is 0 Å². The predicted molar refractivity (Wildman–Crippen MR) is 90.7 cm³/mol. The third-order valence-corrected chi connectivity index (χ3v) is 4.41. The largest absolute Gasteiger partial charge is 0.468 e. The molecule has 2 aromatic heterocycles. The predicted octanol–water partition coefficient (Wildman–Crippen LogP) is 2.00. The number of nitrogens with zero attached hydrogens (tertiary/aromatic N) is 1. The van der Waals surface area contributed by atoms with E-state index in [1.54, 1.807) is 18.4 Å². The van der Waals surface area contributed by atoms with E-state index in [2.05, 4.69) is 15.2 Å². The molecule has 1 unspecified atom stereocenters. The highest BCUT2D eigenvalue weighted by Gasteiger charge is 2.20. The second kappa shape index (κ2) is 7.97. The SMILES string of the molecule is O=C(NCCC1CCCN(Cc2ccco2)C1)c1cccc(=O)[nH]1. The molecule has 0 bridgehead atoms. The zero-order valence-electron chi connectivity index (χ0n) is 13.7. The van der Waals surface area contributed by atoms with Gasteiger partial charge in [0, 0.05) is 19.2 Å². The molecule has 0 radical (unpaired) electrons. The third-order valence-electron chi connectivity index (χ3n) is 4.41. The van der Waals surface area contributed by atoms with Gasteiger partial charge in [-0.25, -0.2) is 0 Å². The number of nitrogens with one attached hydrogen (secondary N) is 2. The number of hydrogen-bond acceptors (Lipinski definition) is 4. The number of amides is 1. The lowest BCUT2D eigenvalue weighted by atomic mass is 9.94. The molecule has 0 spiro atoms. The second-order valence-corrected chi connectivity index (χ2v) is 6.30. The minimum Gasteiger partial charge on any atom is -0.468 e. The lowest BCUT2D eigenvalue weighted by Gasteiger charge is -2.32. The van der Waals surface area contributed by atoms with Gasteiger partial charge in [0.15, 0.2) is 0 Å². The topological polar surface area (TPSA) is 78.3 Å². The van der Waals surface area contributed by atoms with E-state index in [-0.39, 0.29) is 11.5 Å². The van der Waals surface area contributed by atoms with E-state index in [0.29, 0.717) is 18.2 Å². The van der Waals surface area contributed by atoms with Gasteiger partial charge in [0.1, 0.15) is 11.5 Å². The third kappa shape index (κ3) is 4.58. The van der Waals surface area contributed by atoms with Crippen LogP contribution in [0.15, 0.2) is 45.8 Å². The summed E-state index contributed by atoms with van der Waals surface area (Å²) in [6.07, 6.45) is 5.01. The molecule has 1 aliphatic heterocycles. The first-order valence-electron chi connectivity index (χ1n) is 8.43. The van der Waals surface area contributed by atoms with Crippen LogP contribution >= 0.6 is 0 Å². The number of carbonyl (C=O) groups is 1. The lowest BCUT2D eigenvalue weighted by molar-refractivity contribution is 0.0940. The zero-order chi connectivity index (χ0) is 16.8. The van der Waals surface area contributed by atoms with Crippen molar-refractivity contribution in [2.24, 2.45) is 5.92 Å². The Balaban J connectivity index is 1.43.